The van der Waals surface area contributed by atoms with Crippen LogP contribution in [0.15, 0.2) is 24.3 Å². The van der Waals surface area contributed by atoms with E-state index in [4.69, 9.17) is 11.1 Å². The fourth-order valence-corrected chi connectivity index (χ4v) is 0.768. The third-order valence-electron chi connectivity index (χ3n) is 1.40. The van der Waals surface area contributed by atoms with Crippen molar-refractivity contribution >= 4 is 11.5 Å². The van der Waals surface area contributed by atoms with Gasteiger partial charge in [0.1, 0.15) is 5.84 Å². The average Bonchev–Trinajstić information content (AvgIpc) is 2.05. The van der Waals surface area contributed by atoms with Crippen LogP contribution >= 0.6 is 0 Å². The summed E-state index contributed by atoms with van der Waals surface area (Å²) in [7, 11) is 3.50. The summed E-state index contributed by atoms with van der Waals surface area (Å²) >= 11 is 0. The topological polar surface area (TPSA) is 61.9 Å². The van der Waals surface area contributed by atoms with Crippen molar-refractivity contribution in [2.45, 2.75) is 0 Å². The molecule has 0 spiro atoms. The van der Waals surface area contributed by atoms with Gasteiger partial charge >= 0.3 is 0 Å². The molecule has 0 saturated carbocycles. The van der Waals surface area contributed by atoms with Gasteiger partial charge in [-0.2, -0.15) is 0 Å². The Labute approximate surface area is 65.7 Å². The van der Waals surface area contributed by atoms with Gasteiger partial charge in [0.2, 0.25) is 0 Å². The van der Waals surface area contributed by atoms with Crippen LogP contribution < -0.4 is 11.1 Å². The van der Waals surface area contributed by atoms with E-state index < -0.39 is 0 Å². The first-order valence-electron chi connectivity index (χ1n) is 3.21. The van der Waals surface area contributed by atoms with E-state index in [0.29, 0.717) is 0 Å². The minimum atomic E-state index is 0.0839. The van der Waals surface area contributed by atoms with E-state index in [2.05, 4.69) is 12.4 Å². The second kappa shape index (κ2) is 3.05. The predicted octanol–water partition coefficient (Wildman–Crippen LogP) is 1.17. The smallest absolute Gasteiger partial charge is 0.122 e. The van der Waals surface area contributed by atoms with Crippen molar-refractivity contribution in [3.63, 3.8) is 0 Å². The Morgan fingerprint density at radius 1 is 1.36 bits per heavy atom. The van der Waals surface area contributed by atoms with Crippen LogP contribution in [0.5, 0.6) is 0 Å². The van der Waals surface area contributed by atoms with Crippen LogP contribution in [0.1, 0.15) is 5.56 Å². The Bertz CT molecular complexity index is 251. The highest BCUT2D eigenvalue weighted by atomic mass is 14.8. The Kier molecular flexibility index (Phi) is 2.11. The standard InChI is InChI=1S/C8H10N3/c1-11-7-4-2-6(3-5-7)8(9)10/h2-5,11H,1H2,(H3,9,10). The van der Waals surface area contributed by atoms with Gasteiger partial charge in [-0.1, -0.05) is 0 Å². The first-order chi connectivity index (χ1) is 5.24. The van der Waals surface area contributed by atoms with Crippen LogP contribution in [-0.4, -0.2) is 5.84 Å². The molecular formula is C8H10N3. The van der Waals surface area contributed by atoms with E-state index in [-0.39, 0.29) is 5.84 Å². The summed E-state index contributed by atoms with van der Waals surface area (Å²) in [5.74, 6) is 0.0839. The van der Waals surface area contributed by atoms with Crippen molar-refractivity contribution in [3.05, 3.63) is 36.9 Å². The van der Waals surface area contributed by atoms with Gasteiger partial charge in [0.05, 0.1) is 0 Å². The van der Waals surface area contributed by atoms with E-state index in [1.165, 1.54) is 0 Å². The molecule has 1 aromatic carbocycles. The predicted molar refractivity (Wildman–Crippen MR) is 46.4 cm³/mol. The number of nitrogens with two attached hydrogens (primary N) is 1. The molecule has 11 heavy (non-hydrogen) atoms. The number of benzene rings is 1. The van der Waals surface area contributed by atoms with Gasteiger partial charge in [0.25, 0.3) is 0 Å². The highest BCUT2D eigenvalue weighted by Gasteiger charge is 1.93. The molecule has 3 heteroatoms. The Hall–Kier alpha value is -1.51. The lowest BCUT2D eigenvalue weighted by atomic mass is 10.2. The van der Waals surface area contributed by atoms with Crippen molar-refractivity contribution in [3.8, 4) is 0 Å². The molecule has 0 atom stereocenters. The van der Waals surface area contributed by atoms with Crippen LogP contribution in [0.25, 0.3) is 0 Å². The van der Waals surface area contributed by atoms with E-state index in [9.17, 15) is 0 Å². The number of nitrogen functional groups attached to an aromatic ring is 1. The monoisotopic (exact) mass is 148 g/mol. The maximum absolute atomic E-state index is 7.10. The lowest BCUT2D eigenvalue weighted by molar-refractivity contribution is 1.42. The molecule has 0 aliphatic rings. The summed E-state index contributed by atoms with van der Waals surface area (Å²) in [5.41, 5.74) is 6.89. The molecular weight excluding hydrogens is 138 g/mol. The molecule has 0 bridgehead atoms. The van der Waals surface area contributed by atoms with E-state index in [0.717, 1.165) is 11.3 Å². The number of hydrogen-bond acceptors (Lipinski definition) is 2. The van der Waals surface area contributed by atoms with Crippen LogP contribution in [0.4, 0.5) is 5.69 Å². The van der Waals surface area contributed by atoms with E-state index >= 15 is 0 Å². The second-order valence-electron chi connectivity index (χ2n) is 2.17. The number of anilines is 1. The molecule has 4 N–H and O–H groups in total. The van der Waals surface area contributed by atoms with Gasteiger partial charge in [-0.15, -0.1) is 0 Å². The minimum Gasteiger partial charge on any atom is -0.384 e. The zero-order valence-corrected chi connectivity index (χ0v) is 6.09. The van der Waals surface area contributed by atoms with Crippen LogP contribution in [0.2, 0.25) is 0 Å². The van der Waals surface area contributed by atoms with Gasteiger partial charge in [-0.05, 0) is 24.3 Å². The van der Waals surface area contributed by atoms with E-state index in [1.807, 2.05) is 12.1 Å². The highest BCUT2D eigenvalue weighted by molar-refractivity contribution is 5.95. The largest absolute Gasteiger partial charge is 0.384 e. The zero-order valence-electron chi connectivity index (χ0n) is 6.09. The quantitative estimate of drug-likeness (QED) is 0.435. The second-order valence-corrected chi connectivity index (χ2v) is 2.17. The molecule has 1 radical (unpaired) electrons. The SMILES string of the molecule is [CH2]Nc1ccc(C(=N)N)cc1. The Morgan fingerprint density at radius 2 is 1.91 bits per heavy atom. The normalized spacial score (nSPS) is 9.18. The van der Waals surface area contributed by atoms with Crippen molar-refractivity contribution < 1.29 is 0 Å². The Balaban J connectivity index is 2.91. The Morgan fingerprint density at radius 3 is 2.27 bits per heavy atom. The fraction of sp³-hybridized carbons (Fsp3) is 0. The lowest BCUT2D eigenvalue weighted by Gasteiger charge is -2.00. The maximum Gasteiger partial charge on any atom is 0.122 e. The van der Waals surface area contributed by atoms with Gasteiger partial charge in [-0.25, -0.2) is 0 Å². The zero-order chi connectivity index (χ0) is 8.27. The molecule has 0 saturated heterocycles. The van der Waals surface area contributed by atoms with Crippen LogP contribution in [0, 0.1) is 12.5 Å². The molecule has 0 unspecified atom stereocenters. The molecule has 0 heterocycles. The summed E-state index contributed by atoms with van der Waals surface area (Å²) in [5, 5.41) is 9.84. The minimum absolute atomic E-state index is 0.0839. The van der Waals surface area contributed by atoms with Crippen LogP contribution in [-0.2, 0) is 0 Å². The molecule has 3 nitrogen and oxygen atoms in total. The van der Waals surface area contributed by atoms with Gasteiger partial charge in [-0.3, -0.25) is 5.41 Å². The van der Waals surface area contributed by atoms with Crippen molar-refractivity contribution in [1.29, 1.82) is 5.41 Å². The maximum atomic E-state index is 7.10. The van der Waals surface area contributed by atoms with Gasteiger partial charge in [0.15, 0.2) is 0 Å². The van der Waals surface area contributed by atoms with Gasteiger partial charge in [0, 0.05) is 18.3 Å². The summed E-state index contributed by atoms with van der Waals surface area (Å²) < 4.78 is 0. The summed E-state index contributed by atoms with van der Waals surface area (Å²) in [4.78, 5) is 0. The molecule has 0 aliphatic heterocycles. The van der Waals surface area contributed by atoms with E-state index in [1.54, 1.807) is 12.1 Å². The third kappa shape index (κ3) is 1.70. The highest BCUT2D eigenvalue weighted by Crippen LogP contribution is 2.07. The molecule has 0 aromatic heterocycles. The first-order valence-corrected chi connectivity index (χ1v) is 3.21. The summed E-state index contributed by atoms with van der Waals surface area (Å²) in [6.45, 7) is 0. The third-order valence-corrected chi connectivity index (χ3v) is 1.40. The van der Waals surface area contributed by atoms with Gasteiger partial charge < -0.3 is 11.1 Å². The van der Waals surface area contributed by atoms with Crippen LogP contribution in [0.3, 0.4) is 0 Å². The number of amidine groups is 1. The molecule has 57 valence electrons. The lowest BCUT2D eigenvalue weighted by Crippen LogP contribution is -2.10. The molecule has 0 amide bonds. The molecule has 0 fully saturated rings. The molecule has 0 aliphatic carbocycles. The fourth-order valence-electron chi connectivity index (χ4n) is 0.768. The van der Waals surface area contributed by atoms with Crippen molar-refractivity contribution in [2.24, 2.45) is 5.73 Å². The average molecular weight is 148 g/mol. The number of nitrogens with one attached hydrogen (secondary N) is 2. The summed E-state index contributed by atoms with van der Waals surface area (Å²) in [6.07, 6.45) is 0. The molecule has 1 rings (SSSR count). The molecule has 1 aromatic rings. The number of hydrogen-bond donors (Lipinski definition) is 3. The van der Waals surface area contributed by atoms with Crippen molar-refractivity contribution in [1.82, 2.24) is 0 Å². The van der Waals surface area contributed by atoms with Crippen molar-refractivity contribution in [2.75, 3.05) is 5.32 Å². The number of rotatable bonds is 2. The first kappa shape index (κ1) is 7.60. The summed E-state index contributed by atoms with van der Waals surface area (Å²) in [6, 6.07) is 7.19.